The van der Waals surface area contributed by atoms with Crippen molar-refractivity contribution in [1.29, 1.82) is 0 Å². The van der Waals surface area contributed by atoms with Gasteiger partial charge in [-0.05, 0) is 60.2 Å². The number of halogens is 2. The number of anilines is 1. The zero-order valence-electron chi connectivity index (χ0n) is 22.2. The molecule has 3 aliphatic rings. The molecule has 0 bridgehead atoms. The number of aryl methyl sites for hydroxylation is 1. The fraction of sp³-hybridized carbons (Fsp3) is 0.276. The minimum atomic E-state index is -0.201. The van der Waals surface area contributed by atoms with Crippen LogP contribution in [-0.2, 0) is 35.3 Å². The van der Waals surface area contributed by atoms with Crippen molar-refractivity contribution in [1.82, 2.24) is 20.2 Å². The van der Waals surface area contributed by atoms with Crippen LogP contribution in [0.2, 0.25) is 10.0 Å². The number of hydrogen-bond acceptors (Lipinski definition) is 10. The van der Waals surface area contributed by atoms with E-state index in [0.29, 0.717) is 39.2 Å². The summed E-state index contributed by atoms with van der Waals surface area (Å²) in [6.45, 7) is 0. The number of nitrogens with zero attached hydrogens (tertiary/aromatic N) is 5. The van der Waals surface area contributed by atoms with Crippen LogP contribution < -0.4 is 10.3 Å². The maximum atomic E-state index is 12.9. The summed E-state index contributed by atoms with van der Waals surface area (Å²) in [6.07, 6.45) is 3.68. The Balaban J connectivity index is 1.11. The highest BCUT2D eigenvalue weighted by Gasteiger charge is 2.44. The maximum absolute atomic E-state index is 12.9. The molecule has 1 aliphatic carbocycles. The molecule has 0 saturated carbocycles. The molecule has 8 nitrogen and oxygen atoms in total. The van der Waals surface area contributed by atoms with Gasteiger partial charge in [0.05, 0.1) is 11.5 Å². The van der Waals surface area contributed by atoms with Crippen LogP contribution in [0, 0.1) is 0 Å². The molecule has 0 spiro atoms. The van der Waals surface area contributed by atoms with Crippen LogP contribution in [0.5, 0.6) is 0 Å². The van der Waals surface area contributed by atoms with Gasteiger partial charge in [-0.3, -0.25) is 19.9 Å². The first-order valence-electron chi connectivity index (χ1n) is 13.4. The summed E-state index contributed by atoms with van der Waals surface area (Å²) in [7, 11) is 0. The molecule has 0 fully saturated rings. The van der Waals surface area contributed by atoms with Crippen molar-refractivity contribution in [3.8, 4) is 5.00 Å². The Bertz CT molecular complexity index is 1720. The van der Waals surface area contributed by atoms with Crippen molar-refractivity contribution in [3.63, 3.8) is 0 Å². The molecule has 1 atom stereocenters. The lowest BCUT2D eigenvalue weighted by Gasteiger charge is -2.31. The van der Waals surface area contributed by atoms with Crippen molar-refractivity contribution in [3.05, 3.63) is 85.7 Å². The number of thiophene rings is 1. The summed E-state index contributed by atoms with van der Waals surface area (Å²) in [5, 5.41) is 17.5. The second-order valence-corrected chi connectivity index (χ2v) is 14.1. The predicted molar refractivity (Wildman–Crippen MR) is 171 cm³/mol. The van der Waals surface area contributed by atoms with E-state index in [0.717, 1.165) is 35.4 Å². The smallest absolute Gasteiger partial charge is 0.241 e. The number of aromatic nitrogens is 3. The molecular formula is C29H24Cl2N6O2S3. The molecule has 7 rings (SSSR count). The molecule has 2 aromatic heterocycles. The summed E-state index contributed by atoms with van der Waals surface area (Å²) in [5.41, 5.74) is 7.74. The fourth-order valence-corrected chi connectivity index (χ4v) is 8.80. The van der Waals surface area contributed by atoms with E-state index in [1.54, 1.807) is 35.6 Å². The highest BCUT2D eigenvalue weighted by Crippen LogP contribution is 2.49. The first kappa shape index (κ1) is 28.0. The average molecular weight is 656 g/mol. The Morgan fingerprint density at radius 1 is 0.905 bits per heavy atom. The minimum absolute atomic E-state index is 0.0968. The van der Waals surface area contributed by atoms with Gasteiger partial charge in [-0.1, -0.05) is 71.0 Å². The van der Waals surface area contributed by atoms with E-state index in [2.05, 4.69) is 25.3 Å². The van der Waals surface area contributed by atoms with Crippen LogP contribution >= 0.6 is 58.1 Å². The molecule has 214 valence electrons. The molecule has 0 amide bonds. The first-order valence-corrected chi connectivity index (χ1v) is 17.0. The number of carbonyl (C=O) groups excluding carboxylic acids is 2. The Morgan fingerprint density at radius 3 is 2.21 bits per heavy atom. The van der Waals surface area contributed by atoms with Gasteiger partial charge in [-0.15, -0.1) is 21.5 Å². The van der Waals surface area contributed by atoms with Crippen LogP contribution in [0.4, 0.5) is 5.95 Å². The van der Waals surface area contributed by atoms with Gasteiger partial charge in [-0.2, -0.15) is 5.10 Å². The predicted octanol–water partition coefficient (Wildman–Crippen LogP) is 6.27. The number of Topliss-reactive ketones (excluding diaryl/α,β-unsaturated/α-hetero) is 2. The molecule has 0 radical (unpaired) electrons. The van der Waals surface area contributed by atoms with E-state index in [-0.39, 0.29) is 29.2 Å². The van der Waals surface area contributed by atoms with E-state index < -0.39 is 0 Å². The van der Waals surface area contributed by atoms with Crippen molar-refractivity contribution >= 4 is 80.7 Å². The van der Waals surface area contributed by atoms with Gasteiger partial charge in [0.2, 0.25) is 5.95 Å². The Hall–Kier alpha value is -2.83. The van der Waals surface area contributed by atoms with Crippen LogP contribution in [0.3, 0.4) is 0 Å². The normalized spacial score (nSPS) is 16.4. The van der Waals surface area contributed by atoms with Gasteiger partial charge in [-0.25, -0.2) is 4.57 Å². The molecule has 4 aromatic rings. The number of amidine groups is 1. The third-order valence-corrected chi connectivity index (χ3v) is 11.1. The summed E-state index contributed by atoms with van der Waals surface area (Å²) in [6, 6.07) is 14.7. The maximum Gasteiger partial charge on any atom is 0.241 e. The van der Waals surface area contributed by atoms with Crippen LogP contribution in [0.15, 0.2) is 58.8 Å². The Kier molecular flexibility index (Phi) is 7.78. The lowest BCUT2D eigenvalue weighted by Crippen LogP contribution is -2.38. The SMILES string of the molecule is O=C(CSC1=NNC2c3c(sc4c3CCC4)-n3c(SCC(=O)Cc4ccc(Cl)cc4)nnc3N12)Cc1ccc(Cl)cc1. The highest BCUT2D eigenvalue weighted by molar-refractivity contribution is 8.14. The van der Waals surface area contributed by atoms with Gasteiger partial charge >= 0.3 is 0 Å². The number of hydrogen-bond donors (Lipinski definition) is 1. The number of carbonyl (C=O) groups is 2. The lowest BCUT2D eigenvalue weighted by molar-refractivity contribution is -0.116. The molecular weight excluding hydrogens is 631 g/mol. The number of hydrazone groups is 1. The van der Waals surface area contributed by atoms with Crippen LogP contribution in [0.25, 0.3) is 5.00 Å². The number of thioether (sulfide) groups is 2. The zero-order valence-corrected chi connectivity index (χ0v) is 26.1. The van der Waals surface area contributed by atoms with E-state index in [9.17, 15) is 9.59 Å². The summed E-state index contributed by atoms with van der Waals surface area (Å²) in [4.78, 5) is 29.1. The van der Waals surface area contributed by atoms with E-state index in [4.69, 9.17) is 23.2 Å². The first-order chi connectivity index (χ1) is 20.4. The number of ketones is 2. The molecule has 13 heteroatoms. The molecule has 2 aliphatic heterocycles. The van der Waals surface area contributed by atoms with E-state index in [1.807, 2.05) is 29.2 Å². The largest absolute Gasteiger partial charge is 0.298 e. The molecule has 4 heterocycles. The molecule has 42 heavy (non-hydrogen) atoms. The Labute approximate surface area is 264 Å². The quantitative estimate of drug-likeness (QED) is 0.211. The standard InChI is InChI=1S/C29H24Cl2N6O2S3/c30-18-8-4-16(5-9-18)12-20(38)14-40-28-34-32-25-24-22-2-1-3-23(22)42-26(24)37-27(36(25)28)33-35-29(37)41-15-21(39)13-17-6-10-19(31)11-7-17/h4-11,25,32H,1-3,12-15H2. The monoisotopic (exact) mass is 654 g/mol. The lowest BCUT2D eigenvalue weighted by atomic mass is 10.1. The highest BCUT2D eigenvalue weighted by atomic mass is 35.5. The number of nitrogens with one attached hydrogen (secondary N) is 1. The number of fused-ring (bicyclic) bond motifs is 8. The van der Waals surface area contributed by atoms with Gasteiger partial charge in [0.25, 0.3) is 0 Å². The Morgan fingerprint density at radius 2 is 1.55 bits per heavy atom. The van der Waals surface area contributed by atoms with Gasteiger partial charge in [0, 0.05) is 33.3 Å². The van der Waals surface area contributed by atoms with Gasteiger partial charge in [0.15, 0.2) is 16.5 Å². The summed E-state index contributed by atoms with van der Waals surface area (Å²) in [5.74, 6) is 1.39. The zero-order chi connectivity index (χ0) is 28.8. The van der Waals surface area contributed by atoms with E-state index >= 15 is 0 Å². The van der Waals surface area contributed by atoms with Crippen molar-refractivity contribution in [2.45, 2.75) is 43.4 Å². The van der Waals surface area contributed by atoms with Crippen LogP contribution in [-0.4, -0.2) is 43.0 Å². The third kappa shape index (κ3) is 5.37. The van der Waals surface area contributed by atoms with Gasteiger partial charge < -0.3 is 0 Å². The van der Waals surface area contributed by atoms with Crippen molar-refractivity contribution in [2.24, 2.45) is 5.10 Å². The summed E-state index contributed by atoms with van der Waals surface area (Å²) < 4.78 is 2.06. The van der Waals surface area contributed by atoms with Gasteiger partial charge in [0.1, 0.15) is 16.6 Å². The molecule has 0 saturated heterocycles. The second-order valence-electron chi connectivity index (χ2n) is 10.3. The second kappa shape index (κ2) is 11.7. The number of rotatable bonds is 9. The van der Waals surface area contributed by atoms with E-state index in [1.165, 1.54) is 39.5 Å². The van der Waals surface area contributed by atoms with Crippen molar-refractivity contribution in [2.75, 3.05) is 16.4 Å². The fourth-order valence-electron chi connectivity index (χ4n) is 5.44. The molecule has 1 unspecified atom stereocenters. The molecule has 2 aromatic carbocycles. The van der Waals surface area contributed by atoms with Crippen molar-refractivity contribution < 1.29 is 9.59 Å². The summed E-state index contributed by atoms with van der Waals surface area (Å²) >= 11 is 16.5. The van der Waals surface area contributed by atoms with Crippen LogP contribution in [0.1, 0.15) is 39.7 Å². The minimum Gasteiger partial charge on any atom is -0.298 e. The third-order valence-electron chi connectivity index (χ3n) is 7.35. The topological polar surface area (TPSA) is 92.5 Å². The average Bonchev–Trinajstić information content (AvgIpc) is 3.76. The molecule has 1 N–H and O–H groups in total. The number of benzene rings is 2.